The molecule has 204 valence electrons. The van der Waals surface area contributed by atoms with Crippen LogP contribution in [0.1, 0.15) is 79.8 Å². The number of hydrogen-bond donors (Lipinski definition) is 0. The molecule has 0 fully saturated rings. The van der Waals surface area contributed by atoms with Gasteiger partial charge in [-0.25, -0.2) is 4.79 Å². The third-order valence-electron chi connectivity index (χ3n) is 7.95. The van der Waals surface area contributed by atoms with Crippen LogP contribution in [-0.2, 0) is 16.9 Å². The second kappa shape index (κ2) is 11.1. The van der Waals surface area contributed by atoms with Crippen LogP contribution >= 0.6 is 0 Å². The van der Waals surface area contributed by atoms with Gasteiger partial charge in [-0.2, -0.15) is 0 Å². The first-order valence-corrected chi connectivity index (χ1v) is 14.3. The Hall–Kier alpha value is -3.80. The summed E-state index contributed by atoms with van der Waals surface area (Å²) < 4.78 is 15.2. The summed E-state index contributed by atoms with van der Waals surface area (Å²) in [4.78, 5) is 20.6. The van der Waals surface area contributed by atoms with Gasteiger partial charge in [-0.15, -0.1) is 0 Å². The van der Waals surface area contributed by atoms with Crippen LogP contribution in [0.25, 0.3) is 10.9 Å². The molecule has 0 aliphatic carbocycles. The highest BCUT2D eigenvalue weighted by atomic mass is 16.6. The molecule has 0 saturated heterocycles. The Balaban J connectivity index is 1.85. The fourth-order valence-electron chi connectivity index (χ4n) is 6.13. The molecule has 6 nitrogen and oxygen atoms in total. The Bertz CT molecular complexity index is 1490. The van der Waals surface area contributed by atoms with E-state index in [2.05, 4.69) is 79.6 Å². The number of rotatable bonds is 11. The van der Waals surface area contributed by atoms with Crippen LogP contribution in [-0.4, -0.2) is 35.2 Å². The predicted octanol–water partition coefficient (Wildman–Crippen LogP) is 7.24. The zero-order valence-corrected chi connectivity index (χ0v) is 23.8. The van der Waals surface area contributed by atoms with Gasteiger partial charge in [0.2, 0.25) is 5.60 Å². The monoisotopic (exact) mass is 525 g/mol. The molecular weight excluding hydrogens is 486 g/mol. The van der Waals surface area contributed by atoms with E-state index in [1.165, 1.54) is 0 Å². The third kappa shape index (κ3) is 4.36. The van der Waals surface area contributed by atoms with Gasteiger partial charge >= 0.3 is 5.97 Å². The van der Waals surface area contributed by atoms with Gasteiger partial charge in [0.25, 0.3) is 0 Å². The smallest absolute Gasteiger partial charge is 0.341 e. The molecular formula is C33H39N3O3. The van der Waals surface area contributed by atoms with Crippen LogP contribution in [0, 0.1) is 6.92 Å². The maximum Gasteiger partial charge on any atom is 0.341 e. The van der Waals surface area contributed by atoms with Crippen LogP contribution in [0.5, 0.6) is 5.75 Å². The van der Waals surface area contributed by atoms with Crippen molar-refractivity contribution in [3.8, 4) is 5.75 Å². The van der Waals surface area contributed by atoms with E-state index >= 15 is 0 Å². The van der Waals surface area contributed by atoms with Gasteiger partial charge in [0.1, 0.15) is 11.4 Å². The van der Waals surface area contributed by atoms with Crippen molar-refractivity contribution in [1.82, 2.24) is 9.55 Å². The summed E-state index contributed by atoms with van der Waals surface area (Å²) >= 11 is 0. The Morgan fingerprint density at radius 2 is 1.79 bits per heavy atom. The number of carbonyl (C=O) groups is 1. The van der Waals surface area contributed by atoms with Gasteiger partial charge in [-0.1, -0.05) is 38.0 Å². The van der Waals surface area contributed by atoms with Crippen molar-refractivity contribution in [2.75, 3.05) is 24.6 Å². The molecule has 4 aromatic rings. The topological polar surface area (TPSA) is 56.6 Å². The van der Waals surface area contributed by atoms with Crippen LogP contribution in [0.4, 0.5) is 5.69 Å². The molecule has 0 radical (unpaired) electrons. The number of benzene rings is 2. The standard InChI is InChI=1S/C33H39N3O3/c1-6-10-13-21-36-23(5)30(25-15-11-12-17-28(25)36)33(31-26(32(37)39-33)16-14-20-34-31)27-19-18-24(35(7-2)8-3)22-29(27)38-9-4/h11-12,14-20,22H,6-10,13,21H2,1-5H3. The van der Waals surface area contributed by atoms with Gasteiger partial charge in [-0.05, 0) is 64.4 Å². The molecule has 3 heterocycles. The Morgan fingerprint density at radius 3 is 2.54 bits per heavy atom. The first kappa shape index (κ1) is 26.8. The van der Waals surface area contributed by atoms with E-state index < -0.39 is 5.60 Å². The number of unbranched alkanes of at least 4 members (excludes halogenated alkanes) is 2. The summed E-state index contributed by atoms with van der Waals surface area (Å²) in [6, 6.07) is 18.3. The molecule has 1 aliphatic rings. The predicted molar refractivity (Wildman–Crippen MR) is 157 cm³/mol. The molecule has 0 amide bonds. The number of carbonyl (C=O) groups excluding carboxylic acids is 1. The van der Waals surface area contributed by atoms with Crippen LogP contribution in [0.2, 0.25) is 0 Å². The Labute approximate surface area is 231 Å². The number of aryl methyl sites for hydroxylation is 1. The number of cyclic esters (lactones) is 1. The molecule has 6 heteroatoms. The number of pyridine rings is 1. The average Bonchev–Trinajstić information content (AvgIpc) is 3.41. The minimum absolute atomic E-state index is 0.365. The number of para-hydroxylation sites is 1. The van der Waals surface area contributed by atoms with Crippen molar-refractivity contribution in [3.05, 3.63) is 88.9 Å². The highest BCUT2D eigenvalue weighted by molar-refractivity contribution is 5.98. The van der Waals surface area contributed by atoms with E-state index in [-0.39, 0.29) is 5.97 Å². The molecule has 0 saturated carbocycles. The molecule has 39 heavy (non-hydrogen) atoms. The van der Waals surface area contributed by atoms with E-state index in [0.29, 0.717) is 23.6 Å². The first-order chi connectivity index (χ1) is 19.0. The van der Waals surface area contributed by atoms with Crippen LogP contribution in [0.15, 0.2) is 60.8 Å². The van der Waals surface area contributed by atoms with Crippen molar-refractivity contribution in [2.45, 2.75) is 66.0 Å². The van der Waals surface area contributed by atoms with Crippen molar-refractivity contribution >= 4 is 22.6 Å². The summed E-state index contributed by atoms with van der Waals surface area (Å²) in [7, 11) is 0. The van der Waals surface area contributed by atoms with Crippen molar-refractivity contribution in [2.24, 2.45) is 0 Å². The highest BCUT2D eigenvalue weighted by Crippen LogP contribution is 2.52. The minimum atomic E-state index is -1.24. The lowest BCUT2D eigenvalue weighted by Gasteiger charge is -2.32. The van der Waals surface area contributed by atoms with E-state index in [4.69, 9.17) is 14.5 Å². The van der Waals surface area contributed by atoms with Crippen molar-refractivity contribution < 1.29 is 14.3 Å². The van der Waals surface area contributed by atoms with Crippen LogP contribution < -0.4 is 9.64 Å². The molecule has 0 spiro atoms. The third-order valence-corrected chi connectivity index (χ3v) is 7.95. The lowest BCUT2D eigenvalue weighted by Crippen LogP contribution is -2.32. The molecule has 2 aromatic heterocycles. The number of fused-ring (bicyclic) bond motifs is 2. The minimum Gasteiger partial charge on any atom is -0.493 e. The average molecular weight is 526 g/mol. The highest BCUT2D eigenvalue weighted by Gasteiger charge is 2.54. The summed E-state index contributed by atoms with van der Waals surface area (Å²) in [5.41, 5.74) is 4.92. The number of ether oxygens (including phenoxy) is 2. The van der Waals surface area contributed by atoms with Gasteiger partial charge in [0.15, 0.2) is 0 Å². The summed E-state index contributed by atoms with van der Waals surface area (Å²) in [6.07, 6.45) is 5.14. The fraction of sp³-hybridized carbons (Fsp3) is 0.394. The molecule has 5 rings (SSSR count). The Morgan fingerprint density at radius 1 is 1.00 bits per heavy atom. The van der Waals surface area contributed by atoms with Crippen molar-refractivity contribution in [1.29, 1.82) is 0 Å². The molecule has 1 unspecified atom stereocenters. The maximum atomic E-state index is 13.5. The van der Waals surface area contributed by atoms with Crippen molar-refractivity contribution in [3.63, 3.8) is 0 Å². The van der Waals surface area contributed by atoms with E-state index in [1.54, 1.807) is 12.3 Å². The van der Waals surface area contributed by atoms with E-state index in [9.17, 15) is 4.79 Å². The summed E-state index contributed by atoms with van der Waals surface area (Å²) in [5, 5.41) is 1.06. The number of esters is 1. The zero-order valence-electron chi connectivity index (χ0n) is 23.8. The van der Waals surface area contributed by atoms with Gasteiger partial charge in [-0.3, -0.25) is 4.98 Å². The summed E-state index contributed by atoms with van der Waals surface area (Å²) in [5.74, 6) is 0.339. The number of anilines is 1. The zero-order chi connectivity index (χ0) is 27.6. The number of nitrogens with zero attached hydrogens (tertiary/aromatic N) is 3. The van der Waals surface area contributed by atoms with Gasteiger partial charge < -0.3 is 18.9 Å². The van der Waals surface area contributed by atoms with Gasteiger partial charge in [0, 0.05) is 65.3 Å². The van der Waals surface area contributed by atoms with Crippen LogP contribution in [0.3, 0.4) is 0 Å². The van der Waals surface area contributed by atoms with E-state index in [0.717, 1.165) is 72.3 Å². The molecule has 1 aliphatic heterocycles. The first-order valence-electron chi connectivity index (χ1n) is 14.3. The quantitative estimate of drug-likeness (QED) is 0.153. The summed E-state index contributed by atoms with van der Waals surface area (Å²) in [6.45, 7) is 13.8. The second-order valence-electron chi connectivity index (χ2n) is 10.1. The molecule has 0 N–H and O–H groups in total. The molecule has 1 atom stereocenters. The number of hydrogen-bond acceptors (Lipinski definition) is 5. The Kier molecular flexibility index (Phi) is 7.65. The van der Waals surface area contributed by atoms with Gasteiger partial charge in [0.05, 0.1) is 12.2 Å². The molecule has 2 aromatic carbocycles. The normalized spacial score (nSPS) is 16.4. The maximum absolute atomic E-state index is 13.5. The largest absolute Gasteiger partial charge is 0.493 e. The number of aromatic nitrogens is 2. The second-order valence-corrected chi connectivity index (χ2v) is 10.1. The fourth-order valence-corrected chi connectivity index (χ4v) is 6.13. The molecule has 0 bridgehead atoms. The lowest BCUT2D eigenvalue weighted by molar-refractivity contribution is 0.0238. The van der Waals surface area contributed by atoms with E-state index in [1.807, 2.05) is 13.0 Å². The SMILES string of the molecule is CCCCCn1c(C)c(C2(c3ccc(N(CC)CC)cc3OCC)OC(=O)c3cccnc32)c2ccccc21. The lowest BCUT2D eigenvalue weighted by atomic mass is 9.80.